The van der Waals surface area contributed by atoms with Crippen molar-refractivity contribution in [2.45, 2.75) is 32.2 Å². The molecule has 0 bridgehead atoms. The molecule has 3 rings (SSSR count). The second-order valence-corrected chi connectivity index (χ2v) is 6.86. The van der Waals surface area contributed by atoms with Crippen LogP contribution in [-0.2, 0) is 9.63 Å². The van der Waals surface area contributed by atoms with Gasteiger partial charge in [-0.1, -0.05) is 5.92 Å². The molecule has 0 aliphatic carbocycles. The molecule has 0 atom stereocenters. The van der Waals surface area contributed by atoms with E-state index in [-0.39, 0.29) is 11.7 Å². The molecule has 0 aromatic heterocycles. The Morgan fingerprint density at radius 2 is 1.80 bits per heavy atom. The zero-order valence-corrected chi connectivity index (χ0v) is 15.2. The van der Waals surface area contributed by atoms with Crippen LogP contribution < -0.4 is 0 Å². The molecule has 2 heterocycles. The van der Waals surface area contributed by atoms with E-state index in [1.807, 2.05) is 31.0 Å². The first-order chi connectivity index (χ1) is 11.9. The number of nitrogens with zero attached hydrogens (tertiary/aromatic N) is 2. The molecule has 1 fully saturated rings. The summed E-state index contributed by atoms with van der Waals surface area (Å²) >= 11 is 0. The monoisotopic (exact) mass is 340 g/mol. The lowest BCUT2D eigenvalue weighted by Crippen LogP contribution is -2.53. The molecular weight excluding hydrogens is 316 g/mol. The summed E-state index contributed by atoms with van der Waals surface area (Å²) in [5, 5.41) is 13.0. The predicted octanol–water partition coefficient (Wildman–Crippen LogP) is 2.42. The van der Waals surface area contributed by atoms with E-state index in [1.165, 1.54) is 0 Å². The Hall–Kier alpha value is -2.29. The minimum atomic E-state index is -0.648. The van der Waals surface area contributed by atoms with Crippen LogP contribution in [0.3, 0.4) is 0 Å². The molecule has 1 aromatic carbocycles. The lowest BCUT2D eigenvalue weighted by molar-refractivity contribution is -0.162. The van der Waals surface area contributed by atoms with Crippen molar-refractivity contribution in [2.24, 2.45) is 0 Å². The van der Waals surface area contributed by atoms with E-state index in [4.69, 9.17) is 11.3 Å². The van der Waals surface area contributed by atoms with Crippen molar-refractivity contribution in [3.63, 3.8) is 0 Å². The van der Waals surface area contributed by atoms with Gasteiger partial charge in [-0.05, 0) is 55.5 Å². The Morgan fingerprint density at radius 3 is 2.28 bits per heavy atom. The Morgan fingerprint density at radius 1 is 1.24 bits per heavy atom. The number of aliphatic hydroxyl groups excluding tert-OH is 1. The third-order valence-corrected chi connectivity index (χ3v) is 5.60. The Bertz CT molecular complexity index is 773. The highest BCUT2D eigenvalue weighted by atomic mass is 16.7. The molecule has 1 spiro atoms. The van der Waals surface area contributed by atoms with Crippen LogP contribution in [0.4, 0.5) is 0 Å². The van der Waals surface area contributed by atoms with Crippen LogP contribution in [0, 0.1) is 26.2 Å². The summed E-state index contributed by atoms with van der Waals surface area (Å²) in [6, 6.07) is 3.77. The maximum absolute atomic E-state index is 13.0. The van der Waals surface area contributed by atoms with Crippen molar-refractivity contribution < 1.29 is 14.7 Å². The first kappa shape index (κ1) is 17.5. The van der Waals surface area contributed by atoms with Crippen LogP contribution in [-0.4, -0.2) is 53.8 Å². The molecule has 1 aromatic rings. The molecule has 25 heavy (non-hydrogen) atoms. The van der Waals surface area contributed by atoms with Gasteiger partial charge in [0.1, 0.15) is 11.3 Å². The summed E-state index contributed by atoms with van der Waals surface area (Å²) in [6.45, 7) is 5.18. The van der Waals surface area contributed by atoms with E-state index in [0.29, 0.717) is 31.5 Å². The highest BCUT2D eigenvalue weighted by Crippen LogP contribution is 2.45. The number of aryl methyl sites for hydroxylation is 2. The van der Waals surface area contributed by atoms with E-state index in [0.717, 1.165) is 22.3 Å². The van der Waals surface area contributed by atoms with Crippen LogP contribution in [0.25, 0.3) is 5.57 Å². The molecule has 1 amide bonds. The summed E-state index contributed by atoms with van der Waals surface area (Å²) in [5.41, 5.74) is 3.14. The second-order valence-electron chi connectivity index (χ2n) is 6.86. The highest BCUT2D eigenvalue weighted by Gasteiger charge is 2.52. The van der Waals surface area contributed by atoms with Crippen molar-refractivity contribution >= 4 is 11.5 Å². The van der Waals surface area contributed by atoms with Gasteiger partial charge in [-0.25, -0.2) is 0 Å². The van der Waals surface area contributed by atoms with Crippen LogP contribution in [0.15, 0.2) is 17.9 Å². The highest BCUT2D eigenvalue weighted by molar-refractivity contribution is 6.23. The van der Waals surface area contributed by atoms with Crippen molar-refractivity contribution in [3.05, 3.63) is 40.1 Å². The largest absolute Gasteiger partial charge is 0.509 e. The molecule has 5 heteroatoms. The van der Waals surface area contributed by atoms with E-state index in [2.05, 4.69) is 5.92 Å². The SMILES string of the molecule is C#Cc1cc(C)c(C2=C(O)C3(CCN(OC)CC3)N(C)C2=O)c(C)c1. The fourth-order valence-corrected chi connectivity index (χ4v) is 4.13. The zero-order chi connectivity index (χ0) is 18.4. The van der Waals surface area contributed by atoms with Gasteiger partial charge >= 0.3 is 0 Å². The number of carbonyl (C=O) groups excluding carboxylic acids is 1. The van der Waals surface area contributed by atoms with E-state index in [9.17, 15) is 9.90 Å². The van der Waals surface area contributed by atoms with Crippen molar-refractivity contribution in [3.8, 4) is 12.3 Å². The topological polar surface area (TPSA) is 53.0 Å². The molecule has 2 aliphatic rings. The lowest BCUT2D eigenvalue weighted by atomic mass is 9.84. The molecule has 0 saturated carbocycles. The fraction of sp³-hybridized carbons (Fsp3) is 0.450. The van der Waals surface area contributed by atoms with Crippen molar-refractivity contribution in [2.75, 3.05) is 27.2 Å². The normalized spacial score (nSPS) is 20.4. The Kier molecular flexibility index (Phi) is 4.36. The van der Waals surface area contributed by atoms with E-state index >= 15 is 0 Å². The van der Waals surface area contributed by atoms with Gasteiger partial charge in [-0.15, -0.1) is 6.42 Å². The van der Waals surface area contributed by atoms with Gasteiger partial charge in [0.15, 0.2) is 0 Å². The third-order valence-electron chi connectivity index (χ3n) is 5.60. The van der Waals surface area contributed by atoms with Gasteiger partial charge in [0.2, 0.25) is 0 Å². The van der Waals surface area contributed by atoms with Gasteiger partial charge in [0.25, 0.3) is 5.91 Å². The molecular formula is C20H24N2O3. The van der Waals surface area contributed by atoms with Crippen molar-refractivity contribution in [1.29, 1.82) is 0 Å². The Labute approximate surface area is 148 Å². The molecule has 1 saturated heterocycles. The van der Waals surface area contributed by atoms with Crippen molar-refractivity contribution in [1.82, 2.24) is 9.96 Å². The number of amides is 1. The summed E-state index contributed by atoms with van der Waals surface area (Å²) in [6.07, 6.45) is 6.78. The first-order valence-electron chi connectivity index (χ1n) is 8.45. The predicted molar refractivity (Wildman–Crippen MR) is 96.7 cm³/mol. The number of terminal acetylenes is 1. The average Bonchev–Trinajstić information content (AvgIpc) is 2.78. The summed E-state index contributed by atoms with van der Waals surface area (Å²) in [7, 11) is 3.41. The van der Waals surface area contributed by atoms with Crippen LogP contribution in [0.5, 0.6) is 0 Å². The zero-order valence-electron chi connectivity index (χ0n) is 15.2. The summed E-state index contributed by atoms with van der Waals surface area (Å²) in [5.74, 6) is 2.67. The number of rotatable bonds is 2. The fourth-order valence-electron chi connectivity index (χ4n) is 4.13. The molecule has 1 N–H and O–H groups in total. The van der Waals surface area contributed by atoms with Gasteiger partial charge < -0.3 is 14.8 Å². The van der Waals surface area contributed by atoms with Gasteiger partial charge in [0, 0.05) is 25.7 Å². The Balaban J connectivity index is 2.11. The quantitative estimate of drug-likeness (QED) is 0.840. The van der Waals surface area contributed by atoms with E-state index in [1.54, 1.807) is 19.1 Å². The minimum Gasteiger partial charge on any atom is -0.509 e. The van der Waals surface area contributed by atoms with Gasteiger partial charge in [0.05, 0.1) is 12.7 Å². The maximum atomic E-state index is 13.0. The van der Waals surface area contributed by atoms with E-state index < -0.39 is 5.54 Å². The van der Waals surface area contributed by atoms with Crippen LogP contribution in [0.2, 0.25) is 0 Å². The molecule has 5 nitrogen and oxygen atoms in total. The summed E-state index contributed by atoms with van der Waals surface area (Å²) in [4.78, 5) is 20.0. The number of hydrogen-bond acceptors (Lipinski definition) is 4. The smallest absolute Gasteiger partial charge is 0.258 e. The number of hydrogen-bond donors (Lipinski definition) is 1. The lowest BCUT2D eigenvalue weighted by Gasteiger charge is -2.42. The number of hydroxylamine groups is 2. The minimum absolute atomic E-state index is 0.136. The third kappa shape index (κ3) is 2.53. The first-order valence-corrected chi connectivity index (χ1v) is 8.45. The molecule has 2 aliphatic heterocycles. The van der Waals surface area contributed by atoms with Crippen LogP contribution >= 0.6 is 0 Å². The number of piperidine rings is 1. The number of likely N-dealkylation sites (N-methyl/N-ethyl adjacent to an activating group) is 1. The number of aliphatic hydroxyl groups is 1. The standard InChI is InChI=1S/C20H24N2O3/c1-6-15-11-13(2)16(14(3)12-15)17-18(23)20(21(4)19(17)24)7-9-22(25-5)10-8-20/h1,11-12,23H,7-10H2,2-5H3. The molecule has 132 valence electrons. The average molecular weight is 340 g/mol. The van der Waals surface area contributed by atoms with Gasteiger partial charge in [-0.2, -0.15) is 5.06 Å². The number of benzene rings is 1. The molecule has 0 radical (unpaired) electrons. The molecule has 0 unspecified atom stereocenters. The van der Waals surface area contributed by atoms with Gasteiger partial charge in [-0.3, -0.25) is 4.79 Å². The summed E-state index contributed by atoms with van der Waals surface area (Å²) < 4.78 is 0. The van der Waals surface area contributed by atoms with Crippen LogP contribution in [0.1, 0.15) is 35.1 Å². The second kappa shape index (κ2) is 6.21. The maximum Gasteiger partial charge on any atom is 0.258 e. The number of carbonyl (C=O) groups is 1.